The van der Waals surface area contributed by atoms with E-state index in [4.69, 9.17) is 4.74 Å². The predicted molar refractivity (Wildman–Crippen MR) is 73.2 cm³/mol. The minimum atomic E-state index is -0.131. The summed E-state index contributed by atoms with van der Waals surface area (Å²) in [6.07, 6.45) is 3.42. The van der Waals surface area contributed by atoms with Gasteiger partial charge in [0.1, 0.15) is 5.82 Å². The van der Waals surface area contributed by atoms with Crippen molar-refractivity contribution in [3.05, 3.63) is 48.3 Å². The van der Waals surface area contributed by atoms with Gasteiger partial charge in [0.2, 0.25) is 0 Å². The van der Waals surface area contributed by atoms with Crippen LogP contribution in [0.5, 0.6) is 0 Å². The molecule has 2 nitrogen and oxygen atoms in total. The van der Waals surface area contributed by atoms with E-state index in [9.17, 15) is 4.39 Å². The molecule has 0 heterocycles. The first-order valence-electron chi connectivity index (χ1n) is 6.39. The summed E-state index contributed by atoms with van der Waals surface area (Å²) < 4.78 is 18.8. The summed E-state index contributed by atoms with van der Waals surface area (Å²) in [5.41, 5.74) is 0.755. The zero-order valence-corrected chi connectivity index (χ0v) is 11.0. The average Bonchev–Trinajstić information content (AvgIpc) is 2.36. The van der Waals surface area contributed by atoms with Gasteiger partial charge in [-0.25, -0.2) is 4.39 Å². The zero-order valence-electron chi connectivity index (χ0n) is 11.0. The molecule has 0 aromatic heterocycles. The third kappa shape index (κ3) is 5.94. The van der Waals surface area contributed by atoms with Gasteiger partial charge in [-0.15, -0.1) is 6.58 Å². The van der Waals surface area contributed by atoms with E-state index in [-0.39, 0.29) is 11.9 Å². The molecule has 0 amide bonds. The van der Waals surface area contributed by atoms with Crippen molar-refractivity contribution in [3.63, 3.8) is 0 Å². The fourth-order valence-corrected chi connectivity index (χ4v) is 1.71. The Kier molecular flexibility index (Phi) is 7.30. The summed E-state index contributed by atoms with van der Waals surface area (Å²) >= 11 is 0. The van der Waals surface area contributed by atoms with Crippen molar-refractivity contribution >= 4 is 0 Å². The molecule has 1 atom stereocenters. The summed E-state index contributed by atoms with van der Waals surface area (Å²) in [5.74, 6) is -0.131. The van der Waals surface area contributed by atoms with Crippen molar-refractivity contribution in [1.82, 2.24) is 5.32 Å². The topological polar surface area (TPSA) is 21.3 Å². The molecule has 1 aromatic rings. The molecule has 100 valence electrons. The maximum absolute atomic E-state index is 13.4. The van der Waals surface area contributed by atoms with Crippen molar-refractivity contribution in [1.29, 1.82) is 0 Å². The number of ether oxygens (including phenoxy) is 1. The molecule has 0 saturated heterocycles. The number of halogens is 1. The van der Waals surface area contributed by atoms with E-state index in [1.54, 1.807) is 6.07 Å². The zero-order chi connectivity index (χ0) is 13.2. The van der Waals surface area contributed by atoms with Crippen LogP contribution in [-0.2, 0) is 11.2 Å². The molecular formula is C15H22FNO. The summed E-state index contributed by atoms with van der Waals surface area (Å²) in [5, 5.41) is 3.32. The van der Waals surface area contributed by atoms with Crippen LogP contribution in [0.3, 0.4) is 0 Å². The quantitative estimate of drug-likeness (QED) is 0.538. The molecule has 1 aromatic carbocycles. The minimum Gasteiger partial charge on any atom is -0.380 e. The normalized spacial score (nSPS) is 12.3. The number of nitrogens with one attached hydrogen (secondary N) is 1. The van der Waals surface area contributed by atoms with Gasteiger partial charge in [-0.1, -0.05) is 24.3 Å². The van der Waals surface area contributed by atoms with E-state index in [0.29, 0.717) is 19.6 Å². The number of benzene rings is 1. The molecule has 0 aliphatic rings. The fourth-order valence-electron chi connectivity index (χ4n) is 1.71. The van der Waals surface area contributed by atoms with Crippen LogP contribution in [0.25, 0.3) is 0 Å². The monoisotopic (exact) mass is 251 g/mol. The van der Waals surface area contributed by atoms with Crippen molar-refractivity contribution in [3.8, 4) is 0 Å². The molecule has 0 aliphatic heterocycles. The van der Waals surface area contributed by atoms with Crippen LogP contribution >= 0.6 is 0 Å². The second kappa shape index (κ2) is 8.84. The lowest BCUT2D eigenvalue weighted by Crippen LogP contribution is -2.31. The molecular weight excluding hydrogens is 229 g/mol. The SMILES string of the molecule is C=CCCOCCNC(C)Cc1ccccc1F. The van der Waals surface area contributed by atoms with E-state index in [0.717, 1.165) is 18.5 Å². The van der Waals surface area contributed by atoms with Crippen LogP contribution in [-0.4, -0.2) is 25.8 Å². The van der Waals surface area contributed by atoms with E-state index in [2.05, 4.69) is 18.8 Å². The maximum atomic E-state index is 13.4. The van der Waals surface area contributed by atoms with Gasteiger partial charge in [0, 0.05) is 12.6 Å². The molecule has 0 aliphatic carbocycles. The van der Waals surface area contributed by atoms with Crippen LogP contribution in [0.4, 0.5) is 4.39 Å². The second-order valence-electron chi connectivity index (χ2n) is 4.34. The van der Waals surface area contributed by atoms with Gasteiger partial charge in [0.15, 0.2) is 0 Å². The highest BCUT2D eigenvalue weighted by molar-refractivity contribution is 5.18. The molecule has 18 heavy (non-hydrogen) atoms. The van der Waals surface area contributed by atoms with Crippen LogP contribution < -0.4 is 5.32 Å². The van der Waals surface area contributed by atoms with Gasteiger partial charge in [0.05, 0.1) is 13.2 Å². The molecule has 0 spiro atoms. The maximum Gasteiger partial charge on any atom is 0.126 e. The van der Waals surface area contributed by atoms with E-state index >= 15 is 0 Å². The molecule has 0 fully saturated rings. The van der Waals surface area contributed by atoms with Crippen LogP contribution in [0.2, 0.25) is 0 Å². The lowest BCUT2D eigenvalue weighted by Gasteiger charge is -2.14. The lowest BCUT2D eigenvalue weighted by molar-refractivity contribution is 0.138. The Morgan fingerprint density at radius 2 is 2.17 bits per heavy atom. The molecule has 1 rings (SSSR count). The summed E-state index contributed by atoms with van der Waals surface area (Å²) in [6.45, 7) is 7.86. The van der Waals surface area contributed by atoms with Gasteiger partial charge in [-0.2, -0.15) is 0 Å². The largest absolute Gasteiger partial charge is 0.380 e. The van der Waals surface area contributed by atoms with E-state index in [1.165, 1.54) is 6.07 Å². The molecule has 0 radical (unpaired) electrons. The Morgan fingerprint density at radius 3 is 2.89 bits per heavy atom. The smallest absolute Gasteiger partial charge is 0.126 e. The number of rotatable bonds is 9. The van der Waals surface area contributed by atoms with Crippen molar-refractivity contribution < 1.29 is 9.13 Å². The average molecular weight is 251 g/mol. The molecule has 1 N–H and O–H groups in total. The van der Waals surface area contributed by atoms with Gasteiger partial charge in [-0.3, -0.25) is 0 Å². The van der Waals surface area contributed by atoms with E-state index < -0.39 is 0 Å². The first-order chi connectivity index (χ1) is 8.74. The fraction of sp³-hybridized carbons (Fsp3) is 0.467. The highest BCUT2D eigenvalue weighted by atomic mass is 19.1. The second-order valence-corrected chi connectivity index (χ2v) is 4.34. The minimum absolute atomic E-state index is 0.131. The third-order valence-electron chi connectivity index (χ3n) is 2.69. The molecule has 3 heteroatoms. The Labute approximate surface area is 109 Å². The number of hydrogen-bond donors (Lipinski definition) is 1. The van der Waals surface area contributed by atoms with Gasteiger partial charge < -0.3 is 10.1 Å². The molecule has 0 saturated carbocycles. The Bertz CT molecular complexity index is 354. The predicted octanol–water partition coefficient (Wildman–Crippen LogP) is 2.94. The summed E-state index contributed by atoms with van der Waals surface area (Å²) in [7, 11) is 0. The summed E-state index contributed by atoms with van der Waals surface area (Å²) in [6, 6.07) is 7.15. The van der Waals surface area contributed by atoms with Gasteiger partial charge in [-0.05, 0) is 31.4 Å². The Balaban J connectivity index is 2.16. The van der Waals surface area contributed by atoms with Gasteiger partial charge in [0.25, 0.3) is 0 Å². The highest BCUT2D eigenvalue weighted by Gasteiger charge is 2.06. The van der Waals surface area contributed by atoms with E-state index in [1.807, 2.05) is 18.2 Å². The molecule has 1 unspecified atom stereocenters. The highest BCUT2D eigenvalue weighted by Crippen LogP contribution is 2.08. The van der Waals surface area contributed by atoms with Crippen molar-refractivity contribution in [2.45, 2.75) is 25.8 Å². The van der Waals surface area contributed by atoms with Crippen molar-refractivity contribution in [2.75, 3.05) is 19.8 Å². The number of hydrogen-bond acceptors (Lipinski definition) is 2. The Morgan fingerprint density at radius 1 is 1.39 bits per heavy atom. The van der Waals surface area contributed by atoms with Gasteiger partial charge >= 0.3 is 0 Å². The third-order valence-corrected chi connectivity index (χ3v) is 2.69. The van der Waals surface area contributed by atoms with Crippen LogP contribution in [0.15, 0.2) is 36.9 Å². The first kappa shape index (κ1) is 14.9. The molecule has 0 bridgehead atoms. The van der Waals surface area contributed by atoms with Crippen LogP contribution in [0, 0.1) is 5.82 Å². The first-order valence-corrected chi connectivity index (χ1v) is 6.39. The Hall–Kier alpha value is -1.19. The summed E-state index contributed by atoms with van der Waals surface area (Å²) in [4.78, 5) is 0. The lowest BCUT2D eigenvalue weighted by atomic mass is 10.1. The standard InChI is InChI=1S/C15H22FNO/c1-3-4-10-18-11-9-17-13(2)12-14-7-5-6-8-15(14)16/h3,5-8,13,17H,1,4,9-12H2,2H3. The van der Waals surface area contributed by atoms with Crippen molar-refractivity contribution in [2.24, 2.45) is 0 Å². The van der Waals surface area contributed by atoms with Crippen LogP contribution in [0.1, 0.15) is 18.9 Å².